The minimum atomic E-state index is -2.90. The Balaban J connectivity index is 1.63. The number of aliphatic imine (C=N–C) groups is 1. The van der Waals surface area contributed by atoms with Crippen LogP contribution in [0.5, 0.6) is 5.75 Å². The third-order valence-electron chi connectivity index (χ3n) is 4.81. The first-order valence-corrected chi connectivity index (χ1v) is 9.10. The van der Waals surface area contributed by atoms with E-state index < -0.39 is 12.3 Å². The van der Waals surface area contributed by atoms with Crippen LogP contribution in [0.4, 0.5) is 8.78 Å². The molecule has 2 aliphatic rings. The molecule has 7 nitrogen and oxygen atoms in total. The molecule has 0 bridgehead atoms. The molecule has 0 aromatic heterocycles. The molecule has 152 valence electrons. The van der Waals surface area contributed by atoms with Crippen LogP contribution in [-0.2, 0) is 4.79 Å². The highest BCUT2D eigenvalue weighted by atomic mass is 19.3. The van der Waals surface area contributed by atoms with E-state index in [1.54, 1.807) is 41.7 Å². The molecular formula is C20H21F2N5O2. The number of hydrogen-bond acceptors (Lipinski definition) is 6. The van der Waals surface area contributed by atoms with Crippen molar-refractivity contribution in [1.29, 1.82) is 5.26 Å². The fourth-order valence-corrected chi connectivity index (χ4v) is 3.36. The summed E-state index contributed by atoms with van der Waals surface area (Å²) in [4.78, 5) is 20.4. The predicted octanol–water partition coefficient (Wildman–Crippen LogP) is 2.20. The number of benzene rings is 1. The molecule has 1 aromatic rings. The zero-order valence-corrected chi connectivity index (χ0v) is 15.8. The van der Waals surface area contributed by atoms with Crippen molar-refractivity contribution in [2.75, 3.05) is 19.6 Å². The maximum atomic E-state index is 12.6. The molecule has 1 amide bonds. The number of halogens is 2. The van der Waals surface area contributed by atoms with Crippen LogP contribution in [0.3, 0.4) is 0 Å². The Morgan fingerprint density at radius 3 is 2.97 bits per heavy atom. The number of nitrogens with one attached hydrogen (secondary N) is 1. The van der Waals surface area contributed by atoms with Crippen molar-refractivity contribution in [1.82, 2.24) is 15.1 Å². The highest BCUT2D eigenvalue weighted by Crippen LogP contribution is 2.20. The van der Waals surface area contributed by atoms with E-state index in [1.165, 1.54) is 18.2 Å². The van der Waals surface area contributed by atoms with Gasteiger partial charge < -0.3 is 15.0 Å². The van der Waals surface area contributed by atoms with Gasteiger partial charge in [-0.2, -0.15) is 14.0 Å². The van der Waals surface area contributed by atoms with Crippen molar-refractivity contribution < 1.29 is 18.3 Å². The standard InChI is InChI=1S/C20H21F2N5O2/c1-15-12-26(20(13-23)14-24-7-8-25-20)9-10-27(15)18(28)6-5-16-3-2-4-17(11-16)29-19(21)22/h2-8,11,14-15,19,25H,9-10,12H2,1H3/b6-5+/t15-,20?/m1/s1. The molecule has 0 radical (unpaired) electrons. The molecule has 0 saturated carbocycles. The topological polar surface area (TPSA) is 81.0 Å². The molecule has 0 aliphatic carbocycles. The van der Waals surface area contributed by atoms with Crippen LogP contribution >= 0.6 is 0 Å². The molecule has 1 fully saturated rings. The van der Waals surface area contributed by atoms with Crippen LogP contribution < -0.4 is 10.1 Å². The van der Waals surface area contributed by atoms with Crippen molar-refractivity contribution in [3.8, 4) is 11.8 Å². The lowest BCUT2D eigenvalue weighted by Gasteiger charge is -2.45. The van der Waals surface area contributed by atoms with Crippen LogP contribution in [0.25, 0.3) is 6.08 Å². The number of rotatable bonds is 5. The average Bonchev–Trinajstić information content (AvgIpc) is 2.72. The Kier molecular flexibility index (Phi) is 6.24. The number of ether oxygens (including phenoxy) is 1. The number of alkyl halides is 2. The molecule has 2 heterocycles. The number of hydrogen-bond donors (Lipinski definition) is 1. The lowest BCUT2D eigenvalue weighted by Crippen LogP contribution is -2.65. The van der Waals surface area contributed by atoms with Gasteiger partial charge in [-0.3, -0.25) is 14.7 Å². The lowest BCUT2D eigenvalue weighted by atomic mass is 10.1. The maximum Gasteiger partial charge on any atom is 0.387 e. The number of nitriles is 1. The Labute approximate surface area is 167 Å². The smallest absolute Gasteiger partial charge is 0.387 e. The predicted molar refractivity (Wildman–Crippen MR) is 104 cm³/mol. The lowest BCUT2D eigenvalue weighted by molar-refractivity contribution is -0.130. The zero-order chi connectivity index (χ0) is 20.9. The van der Waals surface area contributed by atoms with Crippen LogP contribution in [0.1, 0.15) is 12.5 Å². The monoisotopic (exact) mass is 401 g/mol. The minimum Gasteiger partial charge on any atom is -0.435 e. The van der Waals surface area contributed by atoms with E-state index in [0.29, 0.717) is 25.2 Å². The van der Waals surface area contributed by atoms with Gasteiger partial charge in [0.1, 0.15) is 11.8 Å². The minimum absolute atomic E-state index is 0.0362. The van der Waals surface area contributed by atoms with Gasteiger partial charge in [0.25, 0.3) is 0 Å². The quantitative estimate of drug-likeness (QED) is 0.765. The van der Waals surface area contributed by atoms with Gasteiger partial charge in [-0.15, -0.1) is 0 Å². The first kappa shape index (κ1) is 20.5. The van der Waals surface area contributed by atoms with Gasteiger partial charge in [-0.1, -0.05) is 12.1 Å². The highest BCUT2D eigenvalue weighted by Gasteiger charge is 2.40. The molecule has 1 unspecified atom stereocenters. The number of piperazine rings is 1. The van der Waals surface area contributed by atoms with Crippen molar-refractivity contribution >= 4 is 18.2 Å². The molecular weight excluding hydrogens is 380 g/mol. The molecule has 0 spiro atoms. The summed E-state index contributed by atoms with van der Waals surface area (Å²) in [6.45, 7) is 0.459. The van der Waals surface area contributed by atoms with E-state index in [1.807, 2.05) is 11.8 Å². The summed E-state index contributed by atoms with van der Waals surface area (Å²) in [7, 11) is 0. The van der Waals surface area contributed by atoms with E-state index in [-0.39, 0.29) is 17.7 Å². The molecule has 29 heavy (non-hydrogen) atoms. The molecule has 1 saturated heterocycles. The Morgan fingerprint density at radius 2 is 2.31 bits per heavy atom. The summed E-state index contributed by atoms with van der Waals surface area (Å²) in [6, 6.07) is 8.27. The van der Waals surface area contributed by atoms with Crippen molar-refractivity contribution in [2.45, 2.75) is 25.2 Å². The van der Waals surface area contributed by atoms with E-state index >= 15 is 0 Å². The van der Waals surface area contributed by atoms with Gasteiger partial charge in [-0.05, 0) is 30.7 Å². The van der Waals surface area contributed by atoms with Gasteiger partial charge >= 0.3 is 6.61 Å². The van der Waals surface area contributed by atoms with Gasteiger partial charge in [0.15, 0.2) is 0 Å². The van der Waals surface area contributed by atoms with E-state index in [0.717, 1.165) is 0 Å². The second-order valence-corrected chi connectivity index (χ2v) is 6.73. The van der Waals surface area contributed by atoms with Crippen molar-refractivity contribution in [3.05, 3.63) is 48.3 Å². The largest absolute Gasteiger partial charge is 0.435 e. The number of amides is 1. The normalized spacial score (nSPS) is 24.5. The van der Waals surface area contributed by atoms with E-state index in [9.17, 15) is 18.8 Å². The second-order valence-electron chi connectivity index (χ2n) is 6.73. The summed E-state index contributed by atoms with van der Waals surface area (Å²) < 4.78 is 29.0. The van der Waals surface area contributed by atoms with E-state index in [2.05, 4.69) is 21.1 Å². The molecule has 2 aliphatic heterocycles. The number of nitrogens with zero attached hydrogens (tertiary/aromatic N) is 4. The molecule has 2 atom stereocenters. The van der Waals surface area contributed by atoms with E-state index in [4.69, 9.17) is 0 Å². The first-order valence-electron chi connectivity index (χ1n) is 9.10. The Bertz CT molecular complexity index is 880. The maximum absolute atomic E-state index is 12.6. The summed E-state index contributed by atoms with van der Waals surface area (Å²) in [5.74, 6) is -0.150. The summed E-state index contributed by atoms with van der Waals surface area (Å²) in [6.07, 6.45) is 7.74. The molecule has 9 heteroatoms. The van der Waals surface area contributed by atoms with Crippen LogP contribution in [0.2, 0.25) is 0 Å². The van der Waals surface area contributed by atoms with Gasteiger partial charge in [0.2, 0.25) is 11.6 Å². The molecule has 3 rings (SSSR count). The summed E-state index contributed by atoms with van der Waals surface area (Å²) >= 11 is 0. The van der Waals surface area contributed by atoms with Crippen LogP contribution in [0.15, 0.2) is 47.7 Å². The van der Waals surface area contributed by atoms with Crippen LogP contribution in [0, 0.1) is 11.3 Å². The highest BCUT2D eigenvalue weighted by molar-refractivity contribution is 5.92. The first-order chi connectivity index (χ1) is 13.9. The Hall–Kier alpha value is -3.25. The molecule has 1 aromatic carbocycles. The number of carbonyl (C=O) groups is 1. The van der Waals surface area contributed by atoms with Gasteiger partial charge in [-0.25, -0.2) is 0 Å². The van der Waals surface area contributed by atoms with Crippen LogP contribution in [-0.4, -0.2) is 59.9 Å². The Morgan fingerprint density at radius 1 is 1.48 bits per heavy atom. The van der Waals surface area contributed by atoms with Crippen molar-refractivity contribution in [3.63, 3.8) is 0 Å². The van der Waals surface area contributed by atoms with Gasteiger partial charge in [0, 0.05) is 44.2 Å². The fourth-order valence-electron chi connectivity index (χ4n) is 3.36. The fraction of sp³-hybridized carbons (Fsp3) is 0.350. The summed E-state index contributed by atoms with van der Waals surface area (Å²) in [5.41, 5.74) is -0.431. The molecule has 1 N–H and O–H groups in total. The zero-order valence-electron chi connectivity index (χ0n) is 15.8. The third-order valence-corrected chi connectivity index (χ3v) is 4.81. The second kappa shape index (κ2) is 8.84. The average molecular weight is 401 g/mol. The SMILES string of the molecule is C[C@@H]1CN(C2(C#N)C=NC=CN2)CCN1C(=O)/C=C/c1cccc(OC(F)F)c1. The third kappa shape index (κ3) is 4.78. The summed E-state index contributed by atoms with van der Waals surface area (Å²) in [5, 5.41) is 12.6. The van der Waals surface area contributed by atoms with Crippen molar-refractivity contribution in [2.24, 2.45) is 4.99 Å². The number of carbonyl (C=O) groups excluding carboxylic acids is 1. The van der Waals surface area contributed by atoms with Gasteiger partial charge in [0.05, 0.1) is 6.21 Å².